The maximum absolute atomic E-state index is 12.9. The van der Waals surface area contributed by atoms with Gasteiger partial charge >= 0.3 is 6.18 Å². The van der Waals surface area contributed by atoms with Crippen molar-refractivity contribution in [1.82, 2.24) is 20.1 Å². The van der Waals surface area contributed by atoms with Crippen molar-refractivity contribution >= 4 is 35.2 Å². The third-order valence-electron chi connectivity index (χ3n) is 3.98. The maximum Gasteiger partial charge on any atom is 0.417 e. The summed E-state index contributed by atoms with van der Waals surface area (Å²) in [4.78, 5) is 27.7. The molecule has 0 saturated carbocycles. The number of benzene rings is 2. The van der Waals surface area contributed by atoms with Crippen LogP contribution < -0.4 is 10.6 Å². The van der Waals surface area contributed by atoms with Gasteiger partial charge in [-0.2, -0.15) is 18.3 Å². The van der Waals surface area contributed by atoms with Crippen LogP contribution in [0.25, 0.3) is 11.8 Å². The molecule has 160 valence electrons. The minimum absolute atomic E-state index is 0.142. The van der Waals surface area contributed by atoms with Gasteiger partial charge in [-0.05, 0) is 48.0 Å². The van der Waals surface area contributed by atoms with Crippen molar-refractivity contribution < 1.29 is 22.8 Å². The van der Waals surface area contributed by atoms with Crippen LogP contribution in [0.1, 0.15) is 11.1 Å². The lowest BCUT2D eigenvalue weighted by Gasteiger charge is -2.09. The van der Waals surface area contributed by atoms with Gasteiger partial charge in [0.1, 0.15) is 12.7 Å². The number of hydrogen-bond acceptors (Lipinski definition) is 4. The van der Waals surface area contributed by atoms with Gasteiger partial charge in [-0.25, -0.2) is 9.67 Å². The van der Waals surface area contributed by atoms with Crippen LogP contribution in [-0.2, 0) is 15.8 Å². The van der Waals surface area contributed by atoms with E-state index >= 15 is 0 Å². The van der Waals surface area contributed by atoms with Gasteiger partial charge in [-0.15, -0.1) is 0 Å². The molecule has 3 aromatic rings. The molecule has 31 heavy (non-hydrogen) atoms. The zero-order valence-corrected chi connectivity index (χ0v) is 16.5. The summed E-state index contributed by atoms with van der Waals surface area (Å²) in [7, 11) is 0. The predicted molar refractivity (Wildman–Crippen MR) is 108 cm³/mol. The van der Waals surface area contributed by atoms with Crippen molar-refractivity contribution in [2.75, 3.05) is 11.9 Å². The summed E-state index contributed by atoms with van der Waals surface area (Å²) in [5, 5.41) is 8.52. The Morgan fingerprint density at radius 2 is 1.87 bits per heavy atom. The van der Waals surface area contributed by atoms with E-state index in [1.54, 1.807) is 28.9 Å². The number of nitrogens with zero attached hydrogens (tertiary/aromatic N) is 3. The number of carbonyl (C=O) groups excluding carboxylic acids is 2. The molecule has 2 aromatic carbocycles. The first-order chi connectivity index (χ1) is 14.7. The first-order valence-electron chi connectivity index (χ1n) is 8.80. The zero-order valence-electron chi connectivity index (χ0n) is 15.7. The number of rotatable bonds is 6. The van der Waals surface area contributed by atoms with Gasteiger partial charge in [-0.1, -0.05) is 17.7 Å². The smallest absolute Gasteiger partial charge is 0.343 e. The number of hydrogen-bond donors (Lipinski definition) is 2. The predicted octanol–water partition coefficient (Wildman–Crippen LogP) is 3.71. The Morgan fingerprint density at radius 3 is 2.52 bits per heavy atom. The summed E-state index contributed by atoms with van der Waals surface area (Å²) in [6.07, 6.45) is 0.555. The second-order valence-corrected chi connectivity index (χ2v) is 6.63. The van der Waals surface area contributed by atoms with E-state index in [1.807, 2.05) is 0 Å². The molecule has 7 nitrogen and oxygen atoms in total. The van der Waals surface area contributed by atoms with Gasteiger partial charge in [0.25, 0.3) is 0 Å². The van der Waals surface area contributed by atoms with E-state index < -0.39 is 28.6 Å². The first-order valence-corrected chi connectivity index (χ1v) is 9.18. The second-order valence-electron chi connectivity index (χ2n) is 6.22. The maximum atomic E-state index is 12.9. The van der Waals surface area contributed by atoms with Gasteiger partial charge in [-0.3, -0.25) is 9.59 Å². The molecule has 0 aliphatic rings. The van der Waals surface area contributed by atoms with Crippen LogP contribution in [0.3, 0.4) is 0 Å². The number of nitrogens with one attached hydrogen (secondary N) is 2. The van der Waals surface area contributed by atoms with Gasteiger partial charge < -0.3 is 10.6 Å². The van der Waals surface area contributed by atoms with Crippen molar-refractivity contribution in [3.8, 4) is 5.69 Å². The summed E-state index contributed by atoms with van der Waals surface area (Å²) in [6, 6.07) is 10.1. The Morgan fingerprint density at radius 1 is 1.13 bits per heavy atom. The minimum atomic E-state index is -4.60. The third-order valence-corrected chi connectivity index (χ3v) is 4.31. The highest BCUT2D eigenvalue weighted by atomic mass is 35.5. The topological polar surface area (TPSA) is 88.9 Å². The van der Waals surface area contributed by atoms with Gasteiger partial charge in [0.15, 0.2) is 0 Å². The third kappa shape index (κ3) is 6.16. The molecule has 0 aliphatic heterocycles. The van der Waals surface area contributed by atoms with E-state index in [0.29, 0.717) is 5.69 Å². The van der Waals surface area contributed by atoms with E-state index in [1.165, 1.54) is 24.8 Å². The molecule has 0 fully saturated rings. The molecule has 0 radical (unpaired) electrons. The molecule has 0 saturated heterocycles. The molecule has 11 heteroatoms. The summed E-state index contributed by atoms with van der Waals surface area (Å²) < 4.78 is 40.2. The van der Waals surface area contributed by atoms with E-state index in [4.69, 9.17) is 11.6 Å². The van der Waals surface area contributed by atoms with E-state index in [2.05, 4.69) is 20.7 Å². The summed E-state index contributed by atoms with van der Waals surface area (Å²) in [5.41, 5.74) is 0.416. The van der Waals surface area contributed by atoms with Crippen LogP contribution in [0.5, 0.6) is 0 Å². The average molecular weight is 450 g/mol. The minimum Gasteiger partial charge on any atom is -0.343 e. The standard InChI is InChI=1S/C20H15ClF3N5O2/c21-17-7-1-13(9-16(17)20(22,23)24)2-8-18(30)26-10-19(31)28-14-3-5-15(6-4-14)29-12-25-11-27-29/h1-9,11-12H,10H2,(H,26,30)(H,28,31). The molecule has 1 aromatic heterocycles. The van der Waals surface area contributed by atoms with Gasteiger partial charge in [0.2, 0.25) is 11.8 Å². The highest BCUT2D eigenvalue weighted by Crippen LogP contribution is 2.35. The first kappa shape index (κ1) is 22.0. The van der Waals surface area contributed by atoms with Gasteiger partial charge in [0.05, 0.1) is 22.8 Å². The summed E-state index contributed by atoms with van der Waals surface area (Å²) in [6.45, 7) is -0.317. The Balaban J connectivity index is 1.51. The number of carbonyl (C=O) groups is 2. The molecule has 0 bridgehead atoms. The lowest BCUT2D eigenvalue weighted by molar-refractivity contribution is -0.137. The van der Waals surface area contributed by atoms with E-state index in [-0.39, 0.29) is 12.1 Å². The van der Waals surface area contributed by atoms with E-state index in [9.17, 15) is 22.8 Å². The molecule has 0 unspecified atom stereocenters. The largest absolute Gasteiger partial charge is 0.417 e. The molecule has 3 rings (SSSR count). The van der Waals surface area contributed by atoms with Crippen LogP contribution in [-0.4, -0.2) is 33.1 Å². The number of halogens is 4. The lowest BCUT2D eigenvalue weighted by atomic mass is 10.1. The Hall–Kier alpha value is -3.66. The molecule has 0 spiro atoms. The van der Waals surface area contributed by atoms with Crippen LogP contribution in [0, 0.1) is 0 Å². The Bertz CT molecular complexity index is 1100. The van der Waals surface area contributed by atoms with Crippen molar-refractivity contribution in [1.29, 1.82) is 0 Å². The number of anilines is 1. The fraction of sp³-hybridized carbons (Fsp3) is 0.100. The lowest BCUT2D eigenvalue weighted by Crippen LogP contribution is -2.31. The highest BCUT2D eigenvalue weighted by molar-refractivity contribution is 6.31. The molecule has 0 aliphatic carbocycles. The summed E-state index contributed by atoms with van der Waals surface area (Å²) in [5.74, 6) is -1.11. The fourth-order valence-electron chi connectivity index (χ4n) is 2.51. The molecule has 0 atom stereocenters. The van der Waals surface area contributed by atoms with Crippen LogP contribution in [0.15, 0.2) is 61.2 Å². The van der Waals surface area contributed by atoms with Crippen molar-refractivity contribution in [2.24, 2.45) is 0 Å². The highest BCUT2D eigenvalue weighted by Gasteiger charge is 2.33. The molecular formula is C20H15ClF3N5O2. The number of alkyl halides is 3. The molecule has 2 amide bonds. The Kier molecular flexibility index (Phi) is 6.71. The van der Waals surface area contributed by atoms with E-state index in [0.717, 1.165) is 23.9 Å². The van der Waals surface area contributed by atoms with Crippen molar-refractivity contribution in [2.45, 2.75) is 6.18 Å². The van der Waals surface area contributed by atoms with Crippen molar-refractivity contribution in [3.05, 3.63) is 77.3 Å². The monoisotopic (exact) mass is 449 g/mol. The fourth-order valence-corrected chi connectivity index (χ4v) is 2.73. The second kappa shape index (κ2) is 9.43. The average Bonchev–Trinajstić information content (AvgIpc) is 3.26. The SMILES string of the molecule is O=C(C=Cc1ccc(Cl)c(C(F)(F)F)c1)NCC(=O)Nc1ccc(-n2cncn2)cc1. The zero-order chi connectivity index (χ0) is 22.4. The quantitative estimate of drug-likeness (QED) is 0.561. The number of amides is 2. The molecular weight excluding hydrogens is 435 g/mol. The molecule has 2 N–H and O–H groups in total. The van der Waals surface area contributed by atoms with Crippen molar-refractivity contribution in [3.63, 3.8) is 0 Å². The van der Waals surface area contributed by atoms with Crippen LogP contribution >= 0.6 is 11.6 Å². The van der Waals surface area contributed by atoms with Gasteiger partial charge in [0, 0.05) is 11.8 Å². The van der Waals surface area contributed by atoms with Crippen LogP contribution in [0.2, 0.25) is 5.02 Å². The normalized spacial score (nSPS) is 11.5. The summed E-state index contributed by atoms with van der Waals surface area (Å²) >= 11 is 5.55. The van der Waals surface area contributed by atoms with Crippen LogP contribution in [0.4, 0.5) is 18.9 Å². The number of aromatic nitrogens is 3. The Labute approximate surface area is 179 Å². The molecule has 1 heterocycles.